The fourth-order valence-corrected chi connectivity index (χ4v) is 2.27. The molecule has 0 aliphatic carbocycles. The molecule has 0 radical (unpaired) electrons. The van der Waals surface area contributed by atoms with Crippen molar-refractivity contribution in [1.82, 2.24) is 15.3 Å². The molecule has 7 heteroatoms. The molecule has 1 N–H and O–H groups in total. The first-order valence-corrected chi connectivity index (χ1v) is 7.56. The highest BCUT2D eigenvalue weighted by Crippen LogP contribution is 2.20. The van der Waals surface area contributed by atoms with Crippen LogP contribution < -0.4 is 15.0 Å². The summed E-state index contributed by atoms with van der Waals surface area (Å²) in [5, 5.41) is 2.89. The zero-order valence-electron chi connectivity index (χ0n) is 13.6. The van der Waals surface area contributed by atoms with Crippen molar-refractivity contribution < 1.29 is 14.3 Å². The van der Waals surface area contributed by atoms with E-state index in [1.165, 1.54) is 0 Å². The molecule has 0 bridgehead atoms. The van der Waals surface area contributed by atoms with Crippen molar-refractivity contribution in [3.8, 4) is 5.88 Å². The Morgan fingerprint density at radius 3 is 2.91 bits per heavy atom. The molecule has 1 amide bonds. The van der Waals surface area contributed by atoms with Crippen LogP contribution in [0.25, 0.3) is 0 Å². The van der Waals surface area contributed by atoms with Crippen LogP contribution in [0.2, 0.25) is 0 Å². The average molecular weight is 308 g/mol. The van der Waals surface area contributed by atoms with Crippen LogP contribution in [-0.4, -0.2) is 47.4 Å². The Morgan fingerprint density at radius 1 is 1.45 bits per heavy atom. The maximum atomic E-state index is 11.8. The standard InChI is InChI=1S/C15H24N4O3/c1-5-21-13-9-16-8-12(18-13)19-7-6-11(10-19)17-14(20)22-15(2,3)4/h8-9,11H,5-7,10H2,1-4H3,(H,17,20)/t11-/m1/s1. The van der Waals surface area contributed by atoms with Gasteiger partial charge in [0.05, 0.1) is 25.0 Å². The zero-order valence-corrected chi connectivity index (χ0v) is 13.6. The Balaban J connectivity index is 1.90. The highest BCUT2D eigenvalue weighted by atomic mass is 16.6. The van der Waals surface area contributed by atoms with E-state index in [4.69, 9.17) is 9.47 Å². The van der Waals surface area contributed by atoms with Gasteiger partial charge in [-0.15, -0.1) is 0 Å². The van der Waals surface area contributed by atoms with Crippen molar-refractivity contribution in [3.05, 3.63) is 12.4 Å². The number of ether oxygens (including phenoxy) is 2. The molecule has 0 saturated carbocycles. The summed E-state index contributed by atoms with van der Waals surface area (Å²) in [6.07, 6.45) is 3.77. The minimum atomic E-state index is -0.486. The molecule has 22 heavy (non-hydrogen) atoms. The van der Waals surface area contributed by atoms with Crippen LogP contribution in [0.4, 0.5) is 10.6 Å². The lowest BCUT2D eigenvalue weighted by Crippen LogP contribution is -2.40. The number of nitrogens with zero attached hydrogens (tertiary/aromatic N) is 3. The van der Waals surface area contributed by atoms with Gasteiger partial charge < -0.3 is 19.7 Å². The molecule has 1 aromatic heterocycles. The normalized spacial score (nSPS) is 18.2. The van der Waals surface area contributed by atoms with Gasteiger partial charge in [0.15, 0.2) is 5.82 Å². The first-order valence-electron chi connectivity index (χ1n) is 7.56. The van der Waals surface area contributed by atoms with Gasteiger partial charge in [0.25, 0.3) is 0 Å². The molecule has 1 aliphatic rings. The van der Waals surface area contributed by atoms with Crippen LogP contribution in [0.5, 0.6) is 5.88 Å². The maximum Gasteiger partial charge on any atom is 0.407 e. The molecule has 7 nitrogen and oxygen atoms in total. The molecular weight excluding hydrogens is 284 g/mol. The van der Waals surface area contributed by atoms with Gasteiger partial charge in [0.2, 0.25) is 5.88 Å². The van der Waals surface area contributed by atoms with Crippen LogP contribution in [0, 0.1) is 0 Å². The summed E-state index contributed by atoms with van der Waals surface area (Å²) in [6, 6.07) is 0.0485. The summed E-state index contributed by atoms with van der Waals surface area (Å²) in [5.74, 6) is 1.28. The fraction of sp³-hybridized carbons (Fsp3) is 0.667. The van der Waals surface area contributed by atoms with E-state index in [2.05, 4.69) is 20.2 Å². The van der Waals surface area contributed by atoms with E-state index in [9.17, 15) is 4.79 Å². The third-order valence-corrected chi connectivity index (χ3v) is 3.13. The summed E-state index contributed by atoms with van der Waals surface area (Å²) in [5.41, 5.74) is -0.486. The van der Waals surface area contributed by atoms with Gasteiger partial charge in [0.1, 0.15) is 5.60 Å². The molecule has 0 spiro atoms. The van der Waals surface area contributed by atoms with E-state index in [1.807, 2.05) is 27.7 Å². The molecule has 0 aromatic carbocycles. The summed E-state index contributed by atoms with van der Waals surface area (Å²) in [6.45, 7) is 9.51. The van der Waals surface area contributed by atoms with E-state index >= 15 is 0 Å². The van der Waals surface area contributed by atoms with Crippen LogP contribution in [0.15, 0.2) is 12.4 Å². The Bertz CT molecular complexity index is 516. The van der Waals surface area contributed by atoms with Gasteiger partial charge in [-0.1, -0.05) is 0 Å². The van der Waals surface area contributed by atoms with Gasteiger partial charge in [-0.3, -0.25) is 4.98 Å². The number of carbonyl (C=O) groups excluding carboxylic acids is 1. The van der Waals surface area contributed by atoms with E-state index in [0.717, 1.165) is 18.8 Å². The van der Waals surface area contributed by atoms with Gasteiger partial charge in [-0.05, 0) is 34.1 Å². The van der Waals surface area contributed by atoms with Crippen molar-refractivity contribution in [1.29, 1.82) is 0 Å². The third kappa shape index (κ3) is 4.75. The SMILES string of the molecule is CCOc1cncc(N2CC[C@@H](NC(=O)OC(C)(C)C)C2)n1. The van der Waals surface area contributed by atoms with Crippen LogP contribution in [0.1, 0.15) is 34.1 Å². The van der Waals surface area contributed by atoms with E-state index in [-0.39, 0.29) is 12.1 Å². The summed E-state index contributed by atoms with van der Waals surface area (Å²) >= 11 is 0. The molecule has 1 atom stereocenters. The monoisotopic (exact) mass is 308 g/mol. The van der Waals surface area contributed by atoms with E-state index in [0.29, 0.717) is 19.0 Å². The van der Waals surface area contributed by atoms with Gasteiger partial charge in [-0.2, -0.15) is 4.98 Å². The topological polar surface area (TPSA) is 76.6 Å². The van der Waals surface area contributed by atoms with Crippen molar-refractivity contribution >= 4 is 11.9 Å². The lowest BCUT2D eigenvalue weighted by molar-refractivity contribution is 0.0509. The number of nitrogens with one attached hydrogen (secondary N) is 1. The highest BCUT2D eigenvalue weighted by Gasteiger charge is 2.27. The Labute approximate surface area is 131 Å². The largest absolute Gasteiger partial charge is 0.477 e. The number of anilines is 1. The number of rotatable bonds is 4. The number of alkyl carbamates (subject to hydrolysis) is 1. The summed E-state index contributed by atoms with van der Waals surface area (Å²) < 4.78 is 10.6. The lowest BCUT2D eigenvalue weighted by atomic mass is 10.2. The number of carbonyl (C=O) groups is 1. The lowest BCUT2D eigenvalue weighted by Gasteiger charge is -2.22. The first kappa shape index (κ1) is 16.3. The van der Waals surface area contributed by atoms with Crippen molar-refractivity contribution in [2.75, 3.05) is 24.6 Å². The fourth-order valence-electron chi connectivity index (χ4n) is 2.27. The molecule has 122 valence electrons. The van der Waals surface area contributed by atoms with Crippen molar-refractivity contribution in [2.45, 2.75) is 45.8 Å². The summed E-state index contributed by atoms with van der Waals surface area (Å²) in [7, 11) is 0. The number of aromatic nitrogens is 2. The molecule has 0 unspecified atom stereocenters. The average Bonchev–Trinajstić information content (AvgIpc) is 2.85. The predicted octanol–water partition coefficient (Wildman–Crippen LogP) is 1.98. The highest BCUT2D eigenvalue weighted by molar-refractivity contribution is 5.68. The summed E-state index contributed by atoms with van der Waals surface area (Å²) in [4.78, 5) is 22.4. The van der Waals surface area contributed by atoms with E-state index < -0.39 is 5.60 Å². The number of amides is 1. The molecule has 2 rings (SSSR count). The number of hydrogen-bond donors (Lipinski definition) is 1. The molecule has 1 aromatic rings. The van der Waals surface area contributed by atoms with Gasteiger partial charge in [-0.25, -0.2) is 4.79 Å². The Morgan fingerprint density at radius 2 is 2.23 bits per heavy atom. The van der Waals surface area contributed by atoms with E-state index in [1.54, 1.807) is 12.4 Å². The zero-order chi connectivity index (χ0) is 16.2. The Kier molecular flexibility index (Phi) is 5.05. The molecule has 1 fully saturated rings. The molecule has 1 saturated heterocycles. The van der Waals surface area contributed by atoms with Gasteiger partial charge >= 0.3 is 6.09 Å². The second-order valence-electron chi connectivity index (χ2n) is 6.23. The Hall–Kier alpha value is -2.05. The van der Waals surface area contributed by atoms with Crippen LogP contribution in [-0.2, 0) is 4.74 Å². The molecule has 1 aliphatic heterocycles. The molecule has 2 heterocycles. The van der Waals surface area contributed by atoms with Crippen molar-refractivity contribution in [3.63, 3.8) is 0 Å². The quantitative estimate of drug-likeness (QED) is 0.916. The molecular formula is C15H24N4O3. The van der Waals surface area contributed by atoms with Crippen LogP contribution >= 0.6 is 0 Å². The van der Waals surface area contributed by atoms with Crippen molar-refractivity contribution in [2.24, 2.45) is 0 Å². The second kappa shape index (κ2) is 6.81. The third-order valence-electron chi connectivity index (χ3n) is 3.13. The predicted molar refractivity (Wildman–Crippen MR) is 83.2 cm³/mol. The smallest absolute Gasteiger partial charge is 0.407 e. The van der Waals surface area contributed by atoms with Crippen LogP contribution in [0.3, 0.4) is 0 Å². The van der Waals surface area contributed by atoms with Gasteiger partial charge in [0, 0.05) is 13.1 Å². The minimum Gasteiger partial charge on any atom is -0.477 e. The maximum absolute atomic E-state index is 11.8. The minimum absolute atomic E-state index is 0.0485. The number of hydrogen-bond acceptors (Lipinski definition) is 6. The first-order chi connectivity index (χ1) is 10.4. The second-order valence-corrected chi connectivity index (χ2v) is 6.23.